The van der Waals surface area contributed by atoms with E-state index in [0.29, 0.717) is 40.2 Å². The molecule has 2 aromatic carbocycles. The summed E-state index contributed by atoms with van der Waals surface area (Å²) in [5, 5.41) is 5.81. The maximum absolute atomic E-state index is 13.9. The third kappa shape index (κ3) is 5.75. The fourth-order valence-electron chi connectivity index (χ4n) is 4.25. The van der Waals surface area contributed by atoms with Gasteiger partial charge in [0, 0.05) is 41.2 Å². The van der Waals surface area contributed by atoms with Crippen LogP contribution in [0.2, 0.25) is 0 Å². The predicted octanol–water partition coefficient (Wildman–Crippen LogP) is 4.45. The van der Waals surface area contributed by atoms with E-state index in [1.807, 2.05) is 6.92 Å². The van der Waals surface area contributed by atoms with Crippen molar-refractivity contribution in [3.8, 4) is 28.4 Å². The highest BCUT2D eigenvalue weighted by atomic mass is 32.2. The van der Waals surface area contributed by atoms with E-state index in [1.54, 1.807) is 47.4 Å². The second-order valence-electron chi connectivity index (χ2n) is 8.87. The number of fused-ring (bicyclic) bond motifs is 2. The van der Waals surface area contributed by atoms with E-state index < -0.39 is 16.4 Å². The Morgan fingerprint density at radius 2 is 1.77 bits per heavy atom. The zero-order valence-corrected chi connectivity index (χ0v) is 21.9. The summed E-state index contributed by atoms with van der Waals surface area (Å²) in [4.78, 5) is 18.5. The SMILES string of the molecule is CCOc1ccc2cn(-c3ccc4nn(CCS(C)(=O)=O)cc4c3)c(=O)c(-c3ccc(OC(F)F)cc3)c2n1. The van der Waals surface area contributed by atoms with Gasteiger partial charge in [0.1, 0.15) is 15.6 Å². The Bertz CT molecular complexity index is 1830. The van der Waals surface area contributed by atoms with Crippen molar-refractivity contribution >= 4 is 31.6 Å². The molecule has 0 fully saturated rings. The zero-order valence-electron chi connectivity index (χ0n) is 21.0. The Hall–Kier alpha value is -4.32. The molecule has 3 aromatic heterocycles. The normalized spacial score (nSPS) is 11.9. The minimum Gasteiger partial charge on any atom is -0.478 e. The molecule has 0 N–H and O–H groups in total. The van der Waals surface area contributed by atoms with Gasteiger partial charge < -0.3 is 9.47 Å². The van der Waals surface area contributed by atoms with Gasteiger partial charge in [-0.1, -0.05) is 12.1 Å². The van der Waals surface area contributed by atoms with E-state index >= 15 is 0 Å². The number of nitrogens with zero attached hydrogens (tertiary/aromatic N) is 4. The highest BCUT2D eigenvalue weighted by Gasteiger charge is 2.17. The van der Waals surface area contributed by atoms with Crippen LogP contribution in [0.5, 0.6) is 11.6 Å². The molecule has 0 spiro atoms. The molecule has 202 valence electrons. The number of benzene rings is 2. The Labute approximate surface area is 222 Å². The average molecular weight is 555 g/mol. The van der Waals surface area contributed by atoms with Gasteiger partial charge in [0.2, 0.25) is 5.88 Å². The molecule has 0 saturated carbocycles. The van der Waals surface area contributed by atoms with E-state index in [2.05, 4.69) is 14.8 Å². The van der Waals surface area contributed by atoms with Crippen LogP contribution >= 0.6 is 0 Å². The van der Waals surface area contributed by atoms with Crippen LogP contribution in [0.1, 0.15) is 6.92 Å². The van der Waals surface area contributed by atoms with Gasteiger partial charge in [0.15, 0.2) is 0 Å². The van der Waals surface area contributed by atoms with Crippen molar-refractivity contribution in [2.45, 2.75) is 20.1 Å². The minimum atomic E-state index is -3.15. The smallest absolute Gasteiger partial charge is 0.387 e. The lowest BCUT2D eigenvalue weighted by Gasteiger charge is -2.14. The molecular weight excluding hydrogens is 530 g/mol. The molecule has 0 bridgehead atoms. The maximum Gasteiger partial charge on any atom is 0.387 e. The summed E-state index contributed by atoms with van der Waals surface area (Å²) < 4.78 is 61.4. The second kappa shape index (κ2) is 10.4. The summed E-state index contributed by atoms with van der Waals surface area (Å²) in [5.74, 6) is 0.277. The number of aromatic nitrogens is 4. The van der Waals surface area contributed by atoms with Crippen molar-refractivity contribution in [1.29, 1.82) is 0 Å². The first kappa shape index (κ1) is 26.3. The second-order valence-corrected chi connectivity index (χ2v) is 11.1. The first-order valence-corrected chi connectivity index (χ1v) is 14.1. The Balaban J connectivity index is 1.64. The molecule has 12 heteroatoms. The number of alkyl halides is 2. The molecule has 0 aliphatic rings. The molecule has 0 aliphatic carbocycles. The summed E-state index contributed by atoms with van der Waals surface area (Å²) >= 11 is 0. The van der Waals surface area contributed by atoms with E-state index in [-0.39, 0.29) is 29.2 Å². The van der Waals surface area contributed by atoms with Crippen LogP contribution in [0.3, 0.4) is 0 Å². The van der Waals surface area contributed by atoms with Gasteiger partial charge in [-0.05, 0) is 48.9 Å². The van der Waals surface area contributed by atoms with E-state index in [0.717, 1.165) is 5.39 Å². The fourth-order valence-corrected chi connectivity index (χ4v) is 4.77. The van der Waals surface area contributed by atoms with Crippen LogP contribution in [-0.2, 0) is 16.4 Å². The lowest BCUT2D eigenvalue weighted by atomic mass is 10.0. The molecule has 0 radical (unpaired) electrons. The quantitative estimate of drug-likeness (QED) is 0.265. The first-order chi connectivity index (χ1) is 18.6. The molecular formula is C27H24F2N4O5S. The lowest BCUT2D eigenvalue weighted by Crippen LogP contribution is -2.20. The fraction of sp³-hybridized carbons (Fsp3) is 0.222. The average Bonchev–Trinajstić information content (AvgIpc) is 3.30. The molecule has 39 heavy (non-hydrogen) atoms. The number of aryl methyl sites for hydroxylation is 1. The Morgan fingerprint density at radius 3 is 2.46 bits per heavy atom. The molecule has 9 nitrogen and oxygen atoms in total. The summed E-state index contributed by atoms with van der Waals surface area (Å²) in [7, 11) is -3.15. The van der Waals surface area contributed by atoms with Gasteiger partial charge in [-0.2, -0.15) is 13.9 Å². The molecule has 5 aromatic rings. The lowest BCUT2D eigenvalue weighted by molar-refractivity contribution is -0.0498. The largest absolute Gasteiger partial charge is 0.478 e. The highest BCUT2D eigenvalue weighted by molar-refractivity contribution is 7.90. The van der Waals surface area contributed by atoms with Gasteiger partial charge in [0.25, 0.3) is 5.56 Å². The van der Waals surface area contributed by atoms with Crippen molar-refractivity contribution in [3.63, 3.8) is 0 Å². The summed E-state index contributed by atoms with van der Waals surface area (Å²) in [6.45, 7) is -0.539. The third-order valence-electron chi connectivity index (χ3n) is 6.00. The highest BCUT2D eigenvalue weighted by Crippen LogP contribution is 2.29. The number of halogens is 2. The van der Waals surface area contributed by atoms with Crippen LogP contribution in [0.25, 0.3) is 38.6 Å². The van der Waals surface area contributed by atoms with Crippen LogP contribution in [0.15, 0.2) is 71.8 Å². The number of sulfone groups is 1. The maximum atomic E-state index is 13.9. The number of hydrogen-bond donors (Lipinski definition) is 0. The molecule has 0 unspecified atom stereocenters. The Kier molecular flexibility index (Phi) is 7.04. The summed E-state index contributed by atoms with van der Waals surface area (Å²) in [6, 6.07) is 14.6. The number of pyridine rings is 2. The molecule has 0 saturated heterocycles. The molecule has 0 atom stereocenters. The van der Waals surface area contributed by atoms with Crippen molar-refractivity contribution < 1.29 is 26.7 Å². The van der Waals surface area contributed by atoms with Gasteiger partial charge in [0.05, 0.1) is 35.5 Å². The van der Waals surface area contributed by atoms with Crippen LogP contribution in [0.4, 0.5) is 8.78 Å². The standard InChI is InChI=1S/C27H24F2N4O5S/c1-3-37-23-11-6-18-16-33(20-7-10-22-19(14-20)15-32(31-22)12-13-39(2,35)36)26(34)24(25(18)30-23)17-4-8-21(9-5-17)38-27(28)29/h4-11,14-16,27H,3,12-13H2,1-2H3. The minimum absolute atomic E-state index is 0.0318. The van der Waals surface area contributed by atoms with Crippen molar-refractivity contribution in [1.82, 2.24) is 19.3 Å². The van der Waals surface area contributed by atoms with Crippen LogP contribution < -0.4 is 15.0 Å². The third-order valence-corrected chi connectivity index (χ3v) is 6.93. The summed E-state index contributed by atoms with van der Waals surface area (Å²) in [5.41, 5.74) is 1.97. The number of rotatable bonds is 9. The van der Waals surface area contributed by atoms with Gasteiger partial charge in [-0.3, -0.25) is 14.0 Å². The van der Waals surface area contributed by atoms with Gasteiger partial charge >= 0.3 is 6.61 Å². The van der Waals surface area contributed by atoms with Crippen molar-refractivity contribution in [2.24, 2.45) is 0 Å². The zero-order chi connectivity index (χ0) is 27.7. The number of ether oxygens (including phenoxy) is 2. The topological polar surface area (TPSA) is 105 Å². The van der Waals surface area contributed by atoms with Gasteiger partial charge in [-0.25, -0.2) is 13.4 Å². The summed E-state index contributed by atoms with van der Waals surface area (Å²) in [6.07, 6.45) is 4.58. The van der Waals surface area contributed by atoms with Crippen molar-refractivity contribution in [2.75, 3.05) is 18.6 Å². The molecule has 0 aliphatic heterocycles. The van der Waals surface area contributed by atoms with E-state index in [4.69, 9.17) is 4.74 Å². The molecule has 3 heterocycles. The van der Waals surface area contributed by atoms with E-state index in [1.165, 1.54) is 35.1 Å². The van der Waals surface area contributed by atoms with Gasteiger partial charge in [-0.15, -0.1) is 0 Å². The van der Waals surface area contributed by atoms with E-state index in [9.17, 15) is 22.0 Å². The van der Waals surface area contributed by atoms with Crippen molar-refractivity contribution in [3.05, 3.63) is 77.3 Å². The molecule has 0 amide bonds. The molecule has 5 rings (SSSR count). The van der Waals surface area contributed by atoms with Crippen LogP contribution in [0, 0.1) is 0 Å². The van der Waals surface area contributed by atoms with Crippen LogP contribution in [-0.4, -0.2) is 53.0 Å². The predicted molar refractivity (Wildman–Crippen MR) is 144 cm³/mol. The monoisotopic (exact) mass is 554 g/mol. The number of hydrogen-bond acceptors (Lipinski definition) is 7. The Morgan fingerprint density at radius 1 is 1.00 bits per heavy atom. The first-order valence-electron chi connectivity index (χ1n) is 12.0.